The van der Waals surface area contributed by atoms with Crippen molar-refractivity contribution in [3.63, 3.8) is 0 Å². The molecule has 1 unspecified atom stereocenters. The van der Waals surface area contributed by atoms with Crippen LogP contribution in [-0.4, -0.2) is 51.5 Å². The number of halogens is 1. The van der Waals surface area contributed by atoms with Gasteiger partial charge in [0.1, 0.15) is 18.8 Å². The third-order valence-electron chi connectivity index (χ3n) is 7.58. The van der Waals surface area contributed by atoms with E-state index in [-0.39, 0.29) is 28.3 Å². The Morgan fingerprint density at radius 3 is 2.45 bits per heavy atom. The van der Waals surface area contributed by atoms with E-state index in [2.05, 4.69) is 14.1 Å². The van der Waals surface area contributed by atoms with Crippen LogP contribution in [0.25, 0.3) is 16.8 Å². The van der Waals surface area contributed by atoms with Crippen molar-refractivity contribution in [1.29, 1.82) is 0 Å². The van der Waals surface area contributed by atoms with Gasteiger partial charge in [-0.05, 0) is 33.6 Å². The number of nitrogens with zero attached hydrogens (tertiary/aromatic N) is 4. The van der Waals surface area contributed by atoms with Gasteiger partial charge in [-0.15, -0.1) is 11.6 Å². The van der Waals surface area contributed by atoms with Crippen molar-refractivity contribution in [2.75, 3.05) is 31.4 Å². The molecule has 1 aliphatic heterocycles. The van der Waals surface area contributed by atoms with Gasteiger partial charge in [-0.25, -0.2) is 4.57 Å². The lowest BCUT2D eigenvalue weighted by Gasteiger charge is -2.29. The second-order valence-electron chi connectivity index (χ2n) is 11.0. The van der Waals surface area contributed by atoms with E-state index in [0.29, 0.717) is 29.1 Å². The fourth-order valence-electron chi connectivity index (χ4n) is 5.63. The fraction of sp³-hybridized carbons (Fsp3) is 0.258. The zero-order valence-corrected chi connectivity index (χ0v) is 23.5. The quantitative estimate of drug-likeness (QED) is 0.0949. The molecular weight excluding hydrogens is 528 g/mol. The summed E-state index contributed by atoms with van der Waals surface area (Å²) in [5.74, 6) is 0.436. The van der Waals surface area contributed by atoms with E-state index in [9.17, 15) is 20.0 Å². The topological polar surface area (TPSA) is 88.6 Å². The molecule has 1 N–H and O–H groups in total. The maximum absolute atomic E-state index is 13.3. The Morgan fingerprint density at radius 2 is 1.80 bits per heavy atom. The van der Waals surface area contributed by atoms with Crippen LogP contribution < -0.4 is 4.90 Å². The zero-order chi connectivity index (χ0) is 28.6. The van der Waals surface area contributed by atoms with Crippen LogP contribution in [0.3, 0.4) is 0 Å². The van der Waals surface area contributed by atoms with Gasteiger partial charge in [0.05, 0.1) is 26.8 Å². The number of anilines is 1. The number of phenolic OH excluding ortho intramolecular Hbond substituents is 1. The number of amides is 1. The molecule has 0 saturated carbocycles. The van der Waals surface area contributed by atoms with E-state index < -0.39 is 0 Å². The van der Waals surface area contributed by atoms with Crippen LogP contribution >= 0.6 is 11.6 Å². The standard InChI is InChI=1S/C31H31ClN4O4/c1-33-24(13-14-29(33)35(39)40)20-36(2,3)19-22-10-8-21(9-11-22)12-15-30(38)34-18-23(17-32)31-26-7-5-4-6-25(26)28(37)16-27(31)34/h4-16,23H,17-20H2,1-3H3/p+1/b15-12+. The second kappa shape index (κ2) is 10.8. The molecule has 0 radical (unpaired) electrons. The number of phenols is 1. The summed E-state index contributed by atoms with van der Waals surface area (Å²) in [6, 6.07) is 20.7. The molecule has 0 saturated heterocycles. The molecule has 40 heavy (non-hydrogen) atoms. The minimum absolute atomic E-state index is 0.0121. The van der Waals surface area contributed by atoms with Crippen LogP contribution in [0.4, 0.5) is 11.5 Å². The number of quaternary nitrogens is 1. The fourth-order valence-corrected chi connectivity index (χ4v) is 5.88. The smallest absolute Gasteiger partial charge is 0.323 e. The molecule has 1 amide bonds. The zero-order valence-electron chi connectivity index (χ0n) is 22.8. The van der Waals surface area contributed by atoms with Crippen molar-refractivity contribution in [1.82, 2.24) is 4.57 Å². The van der Waals surface area contributed by atoms with E-state index in [0.717, 1.165) is 39.7 Å². The van der Waals surface area contributed by atoms with Crippen molar-refractivity contribution in [2.45, 2.75) is 19.0 Å². The van der Waals surface area contributed by atoms with Crippen molar-refractivity contribution in [3.8, 4) is 5.75 Å². The van der Waals surface area contributed by atoms with Gasteiger partial charge in [0.15, 0.2) is 5.69 Å². The van der Waals surface area contributed by atoms with Crippen molar-refractivity contribution >= 4 is 45.9 Å². The molecule has 1 atom stereocenters. The van der Waals surface area contributed by atoms with E-state index >= 15 is 0 Å². The molecule has 1 aromatic heterocycles. The monoisotopic (exact) mass is 559 g/mol. The number of nitro groups is 1. The molecule has 2 heterocycles. The molecule has 3 aromatic carbocycles. The number of hydrogen-bond acceptors (Lipinski definition) is 4. The summed E-state index contributed by atoms with van der Waals surface area (Å²) in [6.45, 7) is 1.85. The van der Waals surface area contributed by atoms with Crippen molar-refractivity contribution < 1.29 is 19.3 Å². The molecule has 0 aliphatic carbocycles. The normalized spacial score (nSPS) is 15.2. The first-order valence-corrected chi connectivity index (χ1v) is 13.6. The van der Waals surface area contributed by atoms with Gasteiger partial charge in [0, 0.05) is 47.5 Å². The summed E-state index contributed by atoms with van der Waals surface area (Å²) in [4.78, 5) is 25.7. The van der Waals surface area contributed by atoms with Gasteiger partial charge in [-0.2, -0.15) is 0 Å². The Kier molecular flexibility index (Phi) is 7.40. The number of fused-ring (bicyclic) bond motifs is 3. The number of aromatic hydroxyl groups is 1. The highest BCUT2D eigenvalue weighted by atomic mass is 35.5. The number of carbonyl (C=O) groups is 1. The number of rotatable bonds is 8. The predicted molar refractivity (Wildman–Crippen MR) is 158 cm³/mol. The van der Waals surface area contributed by atoms with Gasteiger partial charge in [-0.3, -0.25) is 4.79 Å². The van der Waals surface area contributed by atoms with Gasteiger partial charge >= 0.3 is 5.82 Å². The molecule has 0 fully saturated rings. The highest BCUT2D eigenvalue weighted by Crippen LogP contribution is 2.45. The molecule has 8 nitrogen and oxygen atoms in total. The number of hydrogen-bond donors (Lipinski definition) is 1. The largest absolute Gasteiger partial charge is 0.507 e. The van der Waals surface area contributed by atoms with Gasteiger partial charge in [0.2, 0.25) is 0 Å². The van der Waals surface area contributed by atoms with Crippen LogP contribution in [0.5, 0.6) is 5.75 Å². The Balaban J connectivity index is 1.28. The molecule has 9 heteroatoms. The predicted octanol–water partition coefficient (Wildman–Crippen LogP) is 5.95. The van der Waals surface area contributed by atoms with Crippen molar-refractivity contribution in [3.05, 3.63) is 105 Å². The lowest BCUT2D eigenvalue weighted by atomic mass is 9.95. The summed E-state index contributed by atoms with van der Waals surface area (Å²) in [5, 5.41) is 23.5. The lowest BCUT2D eigenvalue weighted by molar-refractivity contribution is -0.917. The minimum atomic E-state index is -0.370. The highest BCUT2D eigenvalue weighted by molar-refractivity contribution is 6.19. The Labute approximate surface area is 238 Å². The number of benzene rings is 3. The first-order valence-electron chi connectivity index (χ1n) is 13.1. The van der Waals surface area contributed by atoms with Crippen molar-refractivity contribution in [2.24, 2.45) is 7.05 Å². The molecule has 0 spiro atoms. The molecule has 0 bridgehead atoms. The first kappa shape index (κ1) is 27.4. The van der Waals surface area contributed by atoms with Crippen LogP contribution in [0, 0.1) is 10.1 Å². The maximum Gasteiger partial charge on any atom is 0.323 e. The summed E-state index contributed by atoms with van der Waals surface area (Å²) in [7, 11) is 5.90. The average Bonchev–Trinajstić information content (AvgIpc) is 3.48. The third-order valence-corrected chi connectivity index (χ3v) is 7.95. The lowest BCUT2D eigenvalue weighted by Crippen LogP contribution is -2.38. The van der Waals surface area contributed by atoms with Crippen LogP contribution in [0.1, 0.15) is 28.3 Å². The SMILES string of the molecule is Cn1c(C[N+](C)(C)Cc2ccc(/C=C/C(=O)N3CC(CCl)c4c3cc(O)c3ccccc43)cc2)ccc1[N+](=O)[O-]. The Bertz CT molecular complexity index is 1620. The second-order valence-corrected chi connectivity index (χ2v) is 11.3. The molecule has 1 aliphatic rings. The third kappa shape index (κ3) is 5.33. The number of alkyl halides is 1. The number of aromatic nitrogens is 1. The summed E-state index contributed by atoms with van der Waals surface area (Å²) in [6.07, 6.45) is 3.35. The van der Waals surface area contributed by atoms with Gasteiger partial charge < -0.3 is 24.6 Å². The number of carbonyl (C=O) groups excluding carboxylic acids is 1. The Hall–Kier alpha value is -4.14. The summed E-state index contributed by atoms with van der Waals surface area (Å²) >= 11 is 6.30. The summed E-state index contributed by atoms with van der Waals surface area (Å²) < 4.78 is 2.25. The Morgan fingerprint density at radius 1 is 1.10 bits per heavy atom. The average molecular weight is 560 g/mol. The van der Waals surface area contributed by atoms with Crippen LogP contribution in [0.15, 0.2) is 72.8 Å². The van der Waals surface area contributed by atoms with E-state index in [1.54, 1.807) is 46.9 Å². The van der Waals surface area contributed by atoms with E-state index in [1.165, 1.54) is 0 Å². The highest BCUT2D eigenvalue weighted by Gasteiger charge is 2.33. The molecular formula is C31H32ClN4O4+. The van der Waals surface area contributed by atoms with Crippen LogP contribution in [0.2, 0.25) is 0 Å². The van der Waals surface area contributed by atoms with E-state index in [1.807, 2.05) is 48.5 Å². The maximum atomic E-state index is 13.3. The first-order chi connectivity index (χ1) is 19.1. The van der Waals surface area contributed by atoms with Crippen LogP contribution in [-0.2, 0) is 24.9 Å². The molecule has 4 aromatic rings. The van der Waals surface area contributed by atoms with Gasteiger partial charge in [0.25, 0.3) is 5.91 Å². The molecule has 206 valence electrons. The summed E-state index contributed by atoms with van der Waals surface area (Å²) in [5.41, 5.74) is 4.62. The van der Waals surface area contributed by atoms with Gasteiger partial charge in [-0.1, -0.05) is 48.5 Å². The van der Waals surface area contributed by atoms with E-state index in [4.69, 9.17) is 11.6 Å². The minimum Gasteiger partial charge on any atom is -0.507 e. The molecule has 5 rings (SSSR count).